The predicted octanol–water partition coefficient (Wildman–Crippen LogP) is 7.18. The molecule has 0 spiro atoms. The molecule has 164 valence electrons. The Morgan fingerprint density at radius 1 is 0.543 bits per heavy atom. The molecule has 7 aromatic rings. The summed E-state index contributed by atoms with van der Waals surface area (Å²) in [5.41, 5.74) is 6.37. The van der Waals surface area contributed by atoms with Gasteiger partial charge in [0.2, 0.25) is 0 Å². The second kappa shape index (κ2) is 8.04. The molecule has 0 saturated heterocycles. The Labute approximate surface area is 204 Å². The Morgan fingerprint density at radius 2 is 1.43 bits per heavy atom. The lowest BCUT2D eigenvalue weighted by Gasteiger charge is -2.10. The summed E-state index contributed by atoms with van der Waals surface area (Å²) in [6, 6.07) is 28.5. The maximum atomic E-state index is 5.07. The first kappa shape index (κ1) is 19.9. The van der Waals surface area contributed by atoms with Crippen LogP contribution < -0.4 is 0 Å². The molecule has 0 amide bonds. The third-order valence-electron chi connectivity index (χ3n) is 6.05. The summed E-state index contributed by atoms with van der Waals surface area (Å²) in [4.78, 5) is 23.6. The van der Waals surface area contributed by atoms with Crippen LogP contribution in [0.1, 0.15) is 0 Å². The first-order valence-corrected chi connectivity index (χ1v) is 12.1. The minimum atomic E-state index is 0.687. The highest BCUT2D eigenvalue weighted by molar-refractivity contribution is 7.25. The summed E-state index contributed by atoms with van der Waals surface area (Å²) >= 11 is 1.75. The molecule has 7 rings (SSSR count). The van der Waals surface area contributed by atoms with Crippen LogP contribution in [0.5, 0.6) is 0 Å². The summed E-state index contributed by atoms with van der Waals surface area (Å²) in [6.45, 7) is 0. The van der Waals surface area contributed by atoms with E-state index in [0.29, 0.717) is 5.82 Å². The van der Waals surface area contributed by atoms with Crippen LogP contribution in [0, 0.1) is 0 Å². The fourth-order valence-electron chi connectivity index (χ4n) is 4.39. The van der Waals surface area contributed by atoms with Crippen LogP contribution in [0.15, 0.2) is 104 Å². The van der Waals surface area contributed by atoms with Crippen LogP contribution >= 0.6 is 11.3 Å². The molecule has 0 atom stereocenters. The Balaban J connectivity index is 1.44. The second-order valence-electron chi connectivity index (χ2n) is 8.22. The monoisotopic (exact) mass is 467 g/mol. The fraction of sp³-hybridized carbons (Fsp3) is 0. The first-order chi connectivity index (χ1) is 17.3. The van der Waals surface area contributed by atoms with Crippen LogP contribution in [-0.4, -0.2) is 24.9 Å². The number of thiophene rings is 1. The van der Waals surface area contributed by atoms with E-state index in [2.05, 4.69) is 45.3 Å². The van der Waals surface area contributed by atoms with E-state index in [0.717, 1.165) is 50.0 Å². The predicted molar refractivity (Wildman–Crippen MR) is 142 cm³/mol. The van der Waals surface area contributed by atoms with Gasteiger partial charge < -0.3 is 0 Å². The van der Waals surface area contributed by atoms with Crippen LogP contribution in [0.25, 0.3) is 65.2 Å². The van der Waals surface area contributed by atoms with E-state index in [1.54, 1.807) is 17.5 Å². The lowest BCUT2D eigenvalue weighted by molar-refractivity contribution is 1.22. The van der Waals surface area contributed by atoms with Crippen molar-refractivity contribution in [2.75, 3.05) is 0 Å². The number of aromatic nitrogens is 5. The normalized spacial score (nSPS) is 11.4. The lowest BCUT2D eigenvalue weighted by Crippen LogP contribution is -1.96. The quantitative estimate of drug-likeness (QED) is 0.275. The highest BCUT2D eigenvalue weighted by Gasteiger charge is 2.14. The molecule has 0 unspecified atom stereocenters. The van der Waals surface area contributed by atoms with Crippen molar-refractivity contribution in [3.8, 4) is 34.0 Å². The van der Waals surface area contributed by atoms with Crippen molar-refractivity contribution in [3.63, 3.8) is 0 Å². The molecule has 5 heterocycles. The molecule has 2 aromatic carbocycles. The van der Waals surface area contributed by atoms with E-state index in [4.69, 9.17) is 9.97 Å². The number of hydrogen-bond acceptors (Lipinski definition) is 6. The summed E-state index contributed by atoms with van der Waals surface area (Å²) in [6.07, 6.45) is 5.43. The summed E-state index contributed by atoms with van der Waals surface area (Å²) in [5.74, 6) is 0.687. The van der Waals surface area contributed by atoms with E-state index in [1.807, 2.05) is 67.0 Å². The number of pyridine rings is 3. The molecule has 0 bridgehead atoms. The minimum Gasteiger partial charge on any atom is -0.255 e. The van der Waals surface area contributed by atoms with Gasteiger partial charge in [0.1, 0.15) is 0 Å². The van der Waals surface area contributed by atoms with E-state index < -0.39 is 0 Å². The molecule has 5 nitrogen and oxygen atoms in total. The molecule has 0 radical (unpaired) electrons. The smallest absolute Gasteiger partial charge is 0.160 e. The van der Waals surface area contributed by atoms with Crippen molar-refractivity contribution in [2.45, 2.75) is 0 Å². The number of hydrogen-bond donors (Lipinski definition) is 0. The maximum absolute atomic E-state index is 5.07. The molecular formula is C29H17N5S. The average Bonchev–Trinajstić information content (AvgIpc) is 3.31. The number of nitrogens with zero attached hydrogens (tertiary/aromatic N) is 5. The standard InChI is InChI=1S/C29H17N5S/c1-2-7-22-20(6-1)27(18-12-15-31-24(17-18)23-8-3-4-13-30-23)34-29(33-22)19-10-11-25-21(16-19)28-26(35-25)9-5-14-32-28/h1-17H. The molecule has 0 aliphatic carbocycles. The van der Waals surface area contributed by atoms with Crippen LogP contribution in [0.4, 0.5) is 0 Å². The number of rotatable bonds is 3. The van der Waals surface area contributed by atoms with E-state index in [9.17, 15) is 0 Å². The van der Waals surface area contributed by atoms with Crippen LogP contribution in [0.2, 0.25) is 0 Å². The summed E-state index contributed by atoms with van der Waals surface area (Å²) in [7, 11) is 0. The van der Waals surface area contributed by atoms with Gasteiger partial charge in [0.15, 0.2) is 5.82 Å². The average molecular weight is 468 g/mol. The Morgan fingerprint density at radius 3 is 2.37 bits per heavy atom. The zero-order chi connectivity index (χ0) is 23.2. The zero-order valence-corrected chi connectivity index (χ0v) is 19.3. The molecule has 0 aliphatic rings. The van der Waals surface area contributed by atoms with Gasteiger partial charge in [0.05, 0.1) is 32.8 Å². The van der Waals surface area contributed by atoms with Gasteiger partial charge in [-0.3, -0.25) is 15.0 Å². The highest BCUT2D eigenvalue weighted by atomic mass is 32.1. The zero-order valence-electron chi connectivity index (χ0n) is 18.5. The SMILES string of the molecule is c1ccc(-c2cc(-c3nc(-c4ccc5sc6cccnc6c5c4)nc4ccccc34)ccn2)nc1. The molecule has 0 fully saturated rings. The Bertz CT molecular complexity index is 1860. The Kier molecular flexibility index (Phi) is 4.57. The van der Waals surface area contributed by atoms with Crippen molar-refractivity contribution >= 4 is 42.5 Å². The topological polar surface area (TPSA) is 64.5 Å². The third-order valence-corrected chi connectivity index (χ3v) is 7.17. The highest BCUT2D eigenvalue weighted by Crippen LogP contribution is 2.36. The lowest BCUT2D eigenvalue weighted by atomic mass is 10.0. The number of benzene rings is 2. The fourth-order valence-corrected chi connectivity index (χ4v) is 5.44. The van der Waals surface area contributed by atoms with Gasteiger partial charge in [-0.2, -0.15) is 0 Å². The molecule has 0 aliphatic heterocycles. The van der Waals surface area contributed by atoms with E-state index >= 15 is 0 Å². The molecule has 35 heavy (non-hydrogen) atoms. The summed E-state index contributed by atoms with van der Waals surface area (Å²) in [5, 5.41) is 2.13. The van der Waals surface area contributed by atoms with Gasteiger partial charge in [-0.15, -0.1) is 11.3 Å². The van der Waals surface area contributed by atoms with E-state index in [-0.39, 0.29) is 0 Å². The van der Waals surface area contributed by atoms with Gasteiger partial charge in [-0.1, -0.05) is 24.3 Å². The van der Waals surface area contributed by atoms with Crippen LogP contribution in [0.3, 0.4) is 0 Å². The van der Waals surface area contributed by atoms with Gasteiger partial charge in [0.25, 0.3) is 0 Å². The van der Waals surface area contributed by atoms with Crippen molar-refractivity contribution in [1.82, 2.24) is 24.9 Å². The number of fused-ring (bicyclic) bond motifs is 4. The van der Waals surface area contributed by atoms with Crippen molar-refractivity contribution < 1.29 is 0 Å². The summed E-state index contributed by atoms with van der Waals surface area (Å²) < 4.78 is 2.39. The molecule has 0 saturated carbocycles. The minimum absolute atomic E-state index is 0.687. The van der Waals surface area contributed by atoms with Crippen molar-refractivity contribution in [2.24, 2.45) is 0 Å². The van der Waals surface area contributed by atoms with Gasteiger partial charge in [0, 0.05) is 45.2 Å². The van der Waals surface area contributed by atoms with Crippen LogP contribution in [-0.2, 0) is 0 Å². The third kappa shape index (κ3) is 3.43. The molecule has 5 aromatic heterocycles. The van der Waals surface area contributed by atoms with Gasteiger partial charge in [-0.05, 0) is 60.7 Å². The van der Waals surface area contributed by atoms with Gasteiger partial charge >= 0.3 is 0 Å². The molecule has 6 heteroatoms. The van der Waals surface area contributed by atoms with E-state index in [1.165, 1.54) is 9.40 Å². The first-order valence-electron chi connectivity index (χ1n) is 11.3. The van der Waals surface area contributed by atoms with Crippen molar-refractivity contribution in [1.29, 1.82) is 0 Å². The second-order valence-corrected chi connectivity index (χ2v) is 9.30. The molecular weight excluding hydrogens is 450 g/mol. The largest absolute Gasteiger partial charge is 0.255 e. The maximum Gasteiger partial charge on any atom is 0.160 e. The van der Waals surface area contributed by atoms with Gasteiger partial charge in [-0.25, -0.2) is 9.97 Å². The Hall–Kier alpha value is -4.55. The van der Waals surface area contributed by atoms with Crippen molar-refractivity contribution in [3.05, 3.63) is 104 Å². The molecule has 0 N–H and O–H groups in total. The number of para-hydroxylation sites is 1.